The fourth-order valence-electron chi connectivity index (χ4n) is 4.61. The van der Waals surface area contributed by atoms with Crippen molar-refractivity contribution in [2.75, 3.05) is 13.2 Å². The summed E-state index contributed by atoms with van der Waals surface area (Å²) in [6.07, 6.45) is 5.48. The Morgan fingerprint density at radius 1 is 0.543 bits per heavy atom. The third-order valence-corrected chi connectivity index (χ3v) is 28.7. The molecule has 0 amide bonds. The fourth-order valence-corrected chi connectivity index (χ4v) is 25.3. The van der Waals surface area contributed by atoms with Gasteiger partial charge in [-0.25, -0.2) is 0 Å². The molecule has 0 aliphatic rings. The van der Waals surface area contributed by atoms with Crippen LogP contribution in [0, 0.1) is 0 Å². The molecule has 0 fully saturated rings. The topological polar surface area (TPSA) is 52.6 Å². The van der Waals surface area contributed by atoms with Crippen molar-refractivity contribution in [2.45, 2.75) is 52.4 Å². The molecule has 3 aromatic rings. The molecule has 186 valence electrons. The minimum absolute atomic E-state index is 0.285. The van der Waals surface area contributed by atoms with Gasteiger partial charge in [-0.2, -0.15) is 0 Å². The first-order valence-electron chi connectivity index (χ1n) is 12.7. The Kier molecular flexibility index (Phi) is 10.0. The van der Waals surface area contributed by atoms with Crippen LogP contribution in [0.3, 0.4) is 0 Å². The van der Waals surface area contributed by atoms with Gasteiger partial charge in [-0.15, -0.1) is 0 Å². The number of carbonyl (C=O) groups excluding carboxylic acids is 2. The van der Waals surface area contributed by atoms with Crippen LogP contribution >= 0.6 is 0 Å². The number of hydrogen-bond donors (Lipinski definition) is 0. The summed E-state index contributed by atoms with van der Waals surface area (Å²) in [6, 6.07) is 28.5. The van der Waals surface area contributed by atoms with E-state index in [1.54, 1.807) is 0 Å². The molecular weight excluding hydrogens is 633 g/mol. The van der Waals surface area contributed by atoms with Crippen LogP contribution in [0.1, 0.15) is 52.4 Å². The van der Waals surface area contributed by atoms with Crippen molar-refractivity contribution in [1.29, 1.82) is 0 Å². The van der Waals surface area contributed by atoms with Crippen LogP contribution in [-0.4, -0.2) is 39.4 Å². The second-order valence-corrected chi connectivity index (χ2v) is 26.3. The summed E-state index contributed by atoms with van der Waals surface area (Å²) in [4.78, 5) is 29.3. The van der Waals surface area contributed by atoms with Crippen LogP contribution in [0.5, 0.6) is 0 Å². The zero-order chi connectivity index (χ0) is 25.0. The minimum atomic E-state index is -5.95. The monoisotopic (exact) mass is 670 g/mol. The summed E-state index contributed by atoms with van der Waals surface area (Å²) in [6.45, 7) is 4.79. The SMILES string of the molecule is CCCCCO[C](=O)[Bi]([C](=O)OCCCCC)([c]1ccccc1)([c]1ccccc1)[c]1ccccc1. The molecule has 0 heterocycles. The molecule has 5 heteroatoms. The first-order chi connectivity index (χ1) is 17.1. The maximum absolute atomic E-state index is 14.7. The van der Waals surface area contributed by atoms with Gasteiger partial charge in [0.05, 0.1) is 0 Å². The first kappa shape index (κ1) is 27.1. The summed E-state index contributed by atoms with van der Waals surface area (Å²) in [5.41, 5.74) is 0. The van der Waals surface area contributed by atoms with Crippen LogP contribution in [0.2, 0.25) is 0 Å². The van der Waals surface area contributed by atoms with E-state index >= 15 is 0 Å². The van der Waals surface area contributed by atoms with E-state index in [9.17, 15) is 9.59 Å². The van der Waals surface area contributed by atoms with Crippen LogP contribution < -0.4 is 9.81 Å². The van der Waals surface area contributed by atoms with Crippen LogP contribution in [0.25, 0.3) is 0 Å². The zero-order valence-corrected chi connectivity index (χ0v) is 24.4. The Hall–Kier alpha value is -2.52. The van der Waals surface area contributed by atoms with E-state index in [0.717, 1.165) is 48.3 Å². The summed E-state index contributed by atoms with van der Waals surface area (Å²) >= 11 is -5.95. The molecule has 0 aliphatic heterocycles. The summed E-state index contributed by atoms with van der Waals surface area (Å²) in [5.74, 6) is 0. The van der Waals surface area contributed by atoms with Crippen molar-refractivity contribution >= 4 is 36.0 Å². The van der Waals surface area contributed by atoms with E-state index in [4.69, 9.17) is 9.47 Å². The summed E-state index contributed by atoms with van der Waals surface area (Å²) in [5, 5.41) is 0. The molecule has 0 spiro atoms. The third kappa shape index (κ3) is 5.07. The molecule has 0 atom stereocenters. The Labute approximate surface area is 210 Å². The van der Waals surface area contributed by atoms with Gasteiger partial charge in [0, 0.05) is 0 Å². The Morgan fingerprint density at radius 2 is 0.857 bits per heavy atom. The van der Waals surface area contributed by atoms with Crippen LogP contribution in [0.4, 0.5) is 9.59 Å². The molecule has 0 aliphatic carbocycles. The molecule has 0 saturated carbocycles. The van der Waals surface area contributed by atoms with E-state index in [-0.39, 0.29) is 13.2 Å². The van der Waals surface area contributed by atoms with Gasteiger partial charge >= 0.3 is 212 Å². The van der Waals surface area contributed by atoms with E-state index in [0.29, 0.717) is 0 Å². The Bertz CT molecular complexity index is 940. The van der Waals surface area contributed by atoms with Crippen molar-refractivity contribution in [3.05, 3.63) is 91.0 Å². The number of unbranched alkanes of at least 4 members (excludes halogenated alkanes) is 4. The Balaban J connectivity index is 2.36. The number of rotatable bonds is 13. The molecule has 3 rings (SSSR count). The van der Waals surface area contributed by atoms with Gasteiger partial charge in [0.25, 0.3) is 0 Å². The molecule has 0 aromatic heterocycles. The standard InChI is InChI=1S/2C6H11O2.3C6H5.Bi/c2*1-2-3-4-5-8-6-7;3*1-2-4-6-5-3-1;/h2*2-5H2,1H3;3*1-5H;. The van der Waals surface area contributed by atoms with E-state index in [1.807, 2.05) is 91.0 Å². The maximum atomic E-state index is 14.7. The van der Waals surface area contributed by atoms with Crippen molar-refractivity contribution in [3.8, 4) is 0 Å². The second kappa shape index (κ2) is 13.0. The quantitative estimate of drug-likeness (QED) is 0.167. The third-order valence-electron chi connectivity index (χ3n) is 6.49. The molecule has 4 nitrogen and oxygen atoms in total. The van der Waals surface area contributed by atoms with Crippen LogP contribution in [-0.2, 0) is 9.47 Å². The molecule has 0 radical (unpaired) electrons. The Morgan fingerprint density at radius 3 is 1.14 bits per heavy atom. The van der Waals surface area contributed by atoms with E-state index in [1.165, 1.54) is 0 Å². The van der Waals surface area contributed by atoms with Gasteiger partial charge in [-0.3, -0.25) is 0 Å². The molecular formula is C30H37BiO4. The fraction of sp³-hybridized carbons (Fsp3) is 0.333. The predicted molar refractivity (Wildman–Crippen MR) is 146 cm³/mol. The van der Waals surface area contributed by atoms with Gasteiger partial charge < -0.3 is 0 Å². The van der Waals surface area contributed by atoms with Crippen molar-refractivity contribution in [1.82, 2.24) is 0 Å². The first-order valence-corrected chi connectivity index (χ1v) is 21.4. The average molecular weight is 671 g/mol. The zero-order valence-electron chi connectivity index (χ0n) is 20.9. The average Bonchev–Trinajstić information content (AvgIpc) is 2.92. The normalized spacial score (nSPS) is 12.3. The van der Waals surface area contributed by atoms with Gasteiger partial charge in [0.15, 0.2) is 0 Å². The molecule has 35 heavy (non-hydrogen) atoms. The molecule has 0 N–H and O–H groups in total. The van der Waals surface area contributed by atoms with E-state index in [2.05, 4.69) is 13.8 Å². The van der Waals surface area contributed by atoms with Crippen LogP contribution in [0.15, 0.2) is 91.0 Å². The molecule has 0 saturated heterocycles. The number of ether oxygens (including phenoxy) is 2. The van der Waals surface area contributed by atoms with E-state index < -0.39 is 26.1 Å². The van der Waals surface area contributed by atoms with Crippen molar-refractivity contribution in [2.24, 2.45) is 0 Å². The summed E-state index contributed by atoms with van der Waals surface area (Å²) in [7, 11) is 0. The number of carbonyl (C=O) groups is 2. The second-order valence-electron chi connectivity index (χ2n) is 8.77. The molecule has 0 unspecified atom stereocenters. The van der Waals surface area contributed by atoms with Gasteiger partial charge in [0.1, 0.15) is 0 Å². The van der Waals surface area contributed by atoms with Gasteiger partial charge in [-0.05, 0) is 0 Å². The molecule has 3 aromatic carbocycles. The number of benzene rings is 3. The van der Waals surface area contributed by atoms with Gasteiger partial charge in [-0.1, -0.05) is 0 Å². The predicted octanol–water partition coefficient (Wildman–Crippen LogP) is 5.93. The van der Waals surface area contributed by atoms with Crippen molar-refractivity contribution in [3.63, 3.8) is 0 Å². The van der Waals surface area contributed by atoms with Gasteiger partial charge in [0.2, 0.25) is 0 Å². The molecule has 0 bridgehead atoms. The van der Waals surface area contributed by atoms with Crippen molar-refractivity contribution < 1.29 is 19.1 Å². The number of hydrogen-bond acceptors (Lipinski definition) is 4. The summed E-state index contributed by atoms with van der Waals surface area (Å²) < 4.78 is 13.5.